The molecule has 1 aromatic rings. The number of nitrogens with zero attached hydrogens (tertiary/aromatic N) is 1. The van der Waals surface area contributed by atoms with Crippen LogP contribution < -0.4 is 16.3 Å². The van der Waals surface area contributed by atoms with Gasteiger partial charge in [-0.1, -0.05) is 0 Å². The largest absolute Gasteiger partial charge is 0.403 e. The highest BCUT2D eigenvalue weighted by Crippen LogP contribution is 2.49. The molecular formula is C12H18N3O8P. The average molecular weight is 363 g/mol. The highest BCUT2D eigenvalue weighted by Gasteiger charge is 2.63. The lowest BCUT2D eigenvalue weighted by Crippen LogP contribution is -2.50. The number of ether oxygens (including phenoxy) is 3. The summed E-state index contributed by atoms with van der Waals surface area (Å²) >= 11 is 0. The summed E-state index contributed by atoms with van der Waals surface area (Å²) in [6.07, 6.45) is -0.366. The van der Waals surface area contributed by atoms with Crippen LogP contribution in [-0.4, -0.2) is 59.6 Å². The molecule has 3 N–H and O–H groups in total. The van der Waals surface area contributed by atoms with Gasteiger partial charge in [0.1, 0.15) is 11.7 Å². The third-order valence-electron chi connectivity index (χ3n) is 4.12. The first kappa shape index (κ1) is 17.5. The highest BCUT2D eigenvalue weighted by atomic mass is 31.2. The fourth-order valence-electron chi connectivity index (χ4n) is 3.06. The van der Waals surface area contributed by atoms with Crippen LogP contribution in [0.4, 0.5) is 0 Å². The first-order valence-electron chi connectivity index (χ1n) is 7.08. The molecule has 0 radical (unpaired) electrons. The van der Waals surface area contributed by atoms with Crippen molar-refractivity contribution in [3.8, 4) is 0 Å². The normalized spacial score (nSPS) is 34.4. The van der Waals surface area contributed by atoms with Crippen molar-refractivity contribution in [1.82, 2.24) is 14.6 Å². The number of aromatic nitrogens is 2. The van der Waals surface area contributed by atoms with Crippen LogP contribution in [0.25, 0.3) is 0 Å². The summed E-state index contributed by atoms with van der Waals surface area (Å²) in [4.78, 5) is 35.1. The predicted molar refractivity (Wildman–Crippen MR) is 79.5 cm³/mol. The molecule has 0 spiro atoms. The van der Waals surface area contributed by atoms with E-state index in [0.29, 0.717) is 0 Å². The van der Waals surface area contributed by atoms with Crippen molar-refractivity contribution < 1.29 is 28.2 Å². The minimum atomic E-state index is -4.07. The summed E-state index contributed by atoms with van der Waals surface area (Å²) < 4.78 is 34.4. The van der Waals surface area contributed by atoms with Crippen molar-refractivity contribution in [3.63, 3.8) is 0 Å². The summed E-state index contributed by atoms with van der Waals surface area (Å²) in [7, 11) is -1.52. The molecule has 3 heterocycles. The maximum atomic E-state index is 12.0. The first-order chi connectivity index (χ1) is 11.3. The molecule has 0 saturated carbocycles. The molecule has 2 fully saturated rings. The van der Waals surface area contributed by atoms with E-state index in [9.17, 15) is 19.0 Å². The molecule has 3 rings (SSSR count). The summed E-state index contributed by atoms with van der Waals surface area (Å²) in [5.41, 5.74) is -2.29. The fourth-order valence-corrected chi connectivity index (χ4v) is 3.90. The molecule has 2 aliphatic rings. The number of hydrogen-bond donors (Lipinski definition) is 3. The van der Waals surface area contributed by atoms with E-state index in [1.54, 1.807) is 0 Å². The number of methoxy groups -OCH3 is 1. The Morgan fingerprint density at radius 1 is 1.54 bits per heavy atom. The maximum absolute atomic E-state index is 12.0. The maximum Gasteiger partial charge on any atom is 0.403 e. The number of rotatable bonds is 6. The first-order valence-corrected chi connectivity index (χ1v) is 8.66. The van der Waals surface area contributed by atoms with Crippen LogP contribution in [0.15, 0.2) is 21.9 Å². The third kappa shape index (κ3) is 2.88. The lowest BCUT2D eigenvalue weighted by Gasteiger charge is -2.31. The molecule has 3 unspecified atom stereocenters. The van der Waals surface area contributed by atoms with E-state index in [1.807, 2.05) is 0 Å². The van der Waals surface area contributed by atoms with E-state index >= 15 is 0 Å². The van der Waals surface area contributed by atoms with Gasteiger partial charge in [-0.25, -0.2) is 14.4 Å². The van der Waals surface area contributed by atoms with Gasteiger partial charge >= 0.3 is 13.4 Å². The number of aromatic amines is 1. The third-order valence-corrected chi connectivity index (χ3v) is 5.22. The van der Waals surface area contributed by atoms with Gasteiger partial charge in [-0.2, -0.15) is 0 Å². The van der Waals surface area contributed by atoms with Gasteiger partial charge in [-0.3, -0.25) is 14.3 Å². The van der Waals surface area contributed by atoms with Gasteiger partial charge in [0.2, 0.25) is 0 Å². The van der Waals surface area contributed by atoms with Crippen molar-refractivity contribution >= 4 is 7.75 Å². The van der Waals surface area contributed by atoms with Crippen LogP contribution in [0.3, 0.4) is 0 Å². The fraction of sp³-hybridized carbons (Fsp3) is 0.667. The number of hydrogen-bond acceptors (Lipinski definition) is 7. The average Bonchev–Trinajstić information content (AvgIpc) is 2.98. The Bertz CT molecular complexity index is 778. The van der Waals surface area contributed by atoms with Gasteiger partial charge in [0.25, 0.3) is 5.56 Å². The zero-order valence-electron chi connectivity index (χ0n) is 13.0. The molecule has 12 heteroatoms. The molecule has 0 amide bonds. The second-order valence-corrected chi connectivity index (χ2v) is 7.27. The highest BCUT2D eigenvalue weighted by molar-refractivity contribution is 7.50. The van der Waals surface area contributed by atoms with Gasteiger partial charge in [0.05, 0.1) is 19.3 Å². The Balaban J connectivity index is 1.97. The molecule has 134 valence electrons. The molecule has 0 aromatic carbocycles. The number of fused-ring (bicyclic) bond motifs is 2. The zero-order valence-corrected chi connectivity index (χ0v) is 13.9. The van der Waals surface area contributed by atoms with Gasteiger partial charge < -0.3 is 23.6 Å². The van der Waals surface area contributed by atoms with Crippen LogP contribution in [0.5, 0.6) is 0 Å². The molecule has 2 bridgehead atoms. The standard InChI is InChI=1S/C12H18N3O8P/c1-20-5-12-6-22-8(9(12)14-24(18,19)21-2)10(23-12)15-4-3-7(16)13-11(15)17/h3-4,8-10H,5-6H2,1-2H3,(H,13,16,17)(H2,14,18,19)/t8?,9-,10?,12+/m1/s1. The monoisotopic (exact) mass is 363 g/mol. The van der Waals surface area contributed by atoms with E-state index in [1.165, 1.54) is 19.4 Å². The second-order valence-electron chi connectivity index (χ2n) is 5.61. The molecule has 1 aromatic heterocycles. The molecule has 0 aliphatic carbocycles. The molecular weight excluding hydrogens is 345 g/mol. The minimum absolute atomic E-state index is 0.0689. The summed E-state index contributed by atoms with van der Waals surface area (Å²) in [5.74, 6) is 0. The van der Waals surface area contributed by atoms with E-state index in [-0.39, 0.29) is 13.2 Å². The van der Waals surface area contributed by atoms with Gasteiger partial charge in [-0.15, -0.1) is 0 Å². The number of H-pyrrole nitrogens is 1. The SMILES string of the molecule is COC[C@@]12COC(C(n3ccc(=O)[nH]c3=O)O1)[C@H]2NP(=O)(O)OC. The van der Waals surface area contributed by atoms with Crippen molar-refractivity contribution in [3.05, 3.63) is 33.1 Å². The van der Waals surface area contributed by atoms with Crippen molar-refractivity contribution in [1.29, 1.82) is 0 Å². The van der Waals surface area contributed by atoms with Crippen LogP contribution in [-0.2, 0) is 23.3 Å². The Morgan fingerprint density at radius 3 is 2.92 bits per heavy atom. The van der Waals surface area contributed by atoms with Crippen molar-refractivity contribution in [2.45, 2.75) is 24.0 Å². The topological polar surface area (TPSA) is 141 Å². The van der Waals surface area contributed by atoms with E-state index in [4.69, 9.17) is 14.2 Å². The molecule has 5 atom stereocenters. The van der Waals surface area contributed by atoms with Crippen LogP contribution >= 0.6 is 7.75 Å². The van der Waals surface area contributed by atoms with Crippen molar-refractivity contribution in [2.75, 3.05) is 27.4 Å². The van der Waals surface area contributed by atoms with E-state index in [0.717, 1.165) is 11.7 Å². The van der Waals surface area contributed by atoms with Crippen LogP contribution in [0.2, 0.25) is 0 Å². The van der Waals surface area contributed by atoms with Crippen LogP contribution in [0, 0.1) is 0 Å². The number of nitrogens with one attached hydrogen (secondary N) is 2. The molecule has 2 saturated heterocycles. The summed E-state index contributed by atoms with van der Waals surface area (Å²) in [5, 5.41) is 2.49. The summed E-state index contributed by atoms with van der Waals surface area (Å²) in [6.45, 7) is 0.182. The van der Waals surface area contributed by atoms with Gasteiger partial charge in [0, 0.05) is 26.5 Å². The summed E-state index contributed by atoms with van der Waals surface area (Å²) in [6, 6.07) is 0.422. The van der Waals surface area contributed by atoms with Crippen LogP contribution in [0.1, 0.15) is 6.23 Å². The van der Waals surface area contributed by atoms with E-state index < -0.39 is 43.0 Å². The quantitative estimate of drug-likeness (QED) is 0.518. The lowest BCUT2D eigenvalue weighted by atomic mass is 9.98. The molecule has 2 aliphatic heterocycles. The Kier molecular flexibility index (Phi) is 4.51. The smallest absolute Gasteiger partial charge is 0.382 e. The molecule has 24 heavy (non-hydrogen) atoms. The second kappa shape index (κ2) is 6.19. The zero-order chi connectivity index (χ0) is 17.5. The Morgan fingerprint density at radius 2 is 2.29 bits per heavy atom. The van der Waals surface area contributed by atoms with Gasteiger partial charge in [0.15, 0.2) is 6.23 Å². The Hall–Kier alpha value is -1.33. The van der Waals surface area contributed by atoms with Gasteiger partial charge in [-0.05, 0) is 0 Å². The Labute approximate surface area is 136 Å². The van der Waals surface area contributed by atoms with E-state index in [2.05, 4.69) is 14.6 Å². The predicted octanol–water partition coefficient (Wildman–Crippen LogP) is -1.45. The lowest BCUT2D eigenvalue weighted by molar-refractivity contribution is -0.188. The molecule has 11 nitrogen and oxygen atoms in total. The minimum Gasteiger partial charge on any atom is -0.382 e. The van der Waals surface area contributed by atoms with Crippen molar-refractivity contribution in [2.24, 2.45) is 0 Å².